The maximum absolute atomic E-state index is 5.48. The smallest absolute Gasteiger partial charge is 0.180 e. The first-order chi connectivity index (χ1) is 5.25. The van der Waals surface area contributed by atoms with Gasteiger partial charge in [0, 0.05) is 0 Å². The lowest BCUT2D eigenvalue weighted by Gasteiger charge is -2.07. The molecule has 1 aromatic rings. The molecule has 1 atom stereocenters. The van der Waals surface area contributed by atoms with Gasteiger partial charge < -0.3 is 10.2 Å². The largest absolute Gasteiger partial charge is 0.448 e. The van der Waals surface area contributed by atoms with Gasteiger partial charge in [-0.15, -0.1) is 0 Å². The minimum absolute atomic E-state index is 0.0347. The third kappa shape index (κ3) is 1.77. The van der Waals surface area contributed by atoms with Crippen LogP contribution >= 0.6 is 12.2 Å². The van der Waals surface area contributed by atoms with Crippen LogP contribution in [0.2, 0.25) is 0 Å². The summed E-state index contributed by atoms with van der Waals surface area (Å²) >= 11 is 4.85. The molecule has 1 unspecified atom stereocenters. The summed E-state index contributed by atoms with van der Waals surface area (Å²) in [5.41, 5.74) is 5.48. The van der Waals surface area contributed by atoms with E-state index in [4.69, 9.17) is 22.4 Å². The predicted molar refractivity (Wildman–Crippen MR) is 46.3 cm³/mol. The number of nitrogens with zero attached hydrogens (tertiary/aromatic N) is 1. The van der Waals surface area contributed by atoms with Gasteiger partial charge in [0.05, 0.1) is 17.1 Å². The van der Waals surface area contributed by atoms with Crippen molar-refractivity contribution in [2.75, 3.05) is 0 Å². The van der Waals surface area contributed by atoms with E-state index in [1.807, 2.05) is 6.92 Å². The van der Waals surface area contributed by atoms with Crippen molar-refractivity contribution >= 4 is 17.2 Å². The molecule has 0 aromatic carbocycles. The van der Waals surface area contributed by atoms with Crippen LogP contribution in [0.3, 0.4) is 0 Å². The van der Waals surface area contributed by atoms with Gasteiger partial charge in [0.25, 0.3) is 0 Å². The van der Waals surface area contributed by atoms with Gasteiger partial charge in [0.15, 0.2) is 6.39 Å². The number of nitrogens with two attached hydrogens (primary N) is 1. The van der Waals surface area contributed by atoms with Crippen LogP contribution in [-0.2, 0) is 0 Å². The summed E-state index contributed by atoms with van der Waals surface area (Å²) in [6, 6.07) is 0. The van der Waals surface area contributed by atoms with Crippen molar-refractivity contribution in [3.05, 3.63) is 18.4 Å². The average Bonchev–Trinajstić information content (AvgIpc) is 2.40. The van der Waals surface area contributed by atoms with Gasteiger partial charge in [-0.3, -0.25) is 0 Å². The molecule has 0 fully saturated rings. The highest BCUT2D eigenvalue weighted by Gasteiger charge is 2.14. The number of hydrogen-bond acceptors (Lipinski definition) is 3. The van der Waals surface area contributed by atoms with E-state index in [2.05, 4.69) is 4.98 Å². The summed E-state index contributed by atoms with van der Waals surface area (Å²) in [6.45, 7) is 2.01. The van der Waals surface area contributed by atoms with E-state index in [0.29, 0.717) is 4.99 Å². The Morgan fingerprint density at radius 1 is 1.91 bits per heavy atom. The van der Waals surface area contributed by atoms with E-state index in [9.17, 15) is 0 Å². The third-order valence-electron chi connectivity index (χ3n) is 1.55. The molecule has 4 heteroatoms. The quantitative estimate of drug-likeness (QED) is 0.698. The Bertz CT molecular complexity index is 233. The molecule has 3 nitrogen and oxygen atoms in total. The maximum atomic E-state index is 5.48. The van der Waals surface area contributed by atoms with Gasteiger partial charge in [-0.05, 0) is 6.42 Å². The molecule has 0 bridgehead atoms. The Hall–Kier alpha value is -0.900. The molecule has 0 amide bonds. The van der Waals surface area contributed by atoms with Crippen LogP contribution in [-0.4, -0.2) is 9.97 Å². The van der Waals surface area contributed by atoms with Crippen LogP contribution in [0, 0.1) is 0 Å². The first kappa shape index (κ1) is 8.20. The molecule has 0 spiro atoms. The van der Waals surface area contributed by atoms with Gasteiger partial charge in [-0.2, -0.15) is 0 Å². The molecule has 60 valence electrons. The van der Waals surface area contributed by atoms with Crippen LogP contribution in [0.1, 0.15) is 25.0 Å². The Morgan fingerprint density at radius 2 is 2.64 bits per heavy atom. The van der Waals surface area contributed by atoms with E-state index in [-0.39, 0.29) is 5.92 Å². The molecular weight excluding hydrogens is 160 g/mol. The van der Waals surface area contributed by atoms with E-state index in [0.717, 1.165) is 12.2 Å². The molecule has 0 aliphatic carbocycles. The highest BCUT2D eigenvalue weighted by Crippen LogP contribution is 2.18. The highest BCUT2D eigenvalue weighted by atomic mass is 32.1. The predicted octanol–water partition coefficient (Wildman–Crippen LogP) is 1.45. The Labute approximate surface area is 70.6 Å². The number of oxazole rings is 1. The summed E-state index contributed by atoms with van der Waals surface area (Å²) in [6.07, 6.45) is 3.88. The lowest BCUT2D eigenvalue weighted by molar-refractivity contribution is 0.489. The minimum atomic E-state index is 0.0347. The van der Waals surface area contributed by atoms with Crippen molar-refractivity contribution in [1.82, 2.24) is 4.98 Å². The van der Waals surface area contributed by atoms with Gasteiger partial charge in [0.2, 0.25) is 0 Å². The fourth-order valence-corrected chi connectivity index (χ4v) is 1.22. The van der Waals surface area contributed by atoms with Crippen molar-refractivity contribution in [2.45, 2.75) is 19.3 Å². The first-order valence-corrected chi connectivity index (χ1v) is 3.84. The van der Waals surface area contributed by atoms with Crippen molar-refractivity contribution in [3.63, 3.8) is 0 Å². The molecule has 0 aliphatic heterocycles. The summed E-state index contributed by atoms with van der Waals surface area (Å²) in [7, 11) is 0. The summed E-state index contributed by atoms with van der Waals surface area (Å²) in [4.78, 5) is 4.25. The van der Waals surface area contributed by atoms with Gasteiger partial charge >= 0.3 is 0 Å². The van der Waals surface area contributed by atoms with Crippen LogP contribution in [0.15, 0.2) is 17.0 Å². The fourth-order valence-electron chi connectivity index (χ4n) is 0.940. The molecule has 1 heterocycles. The topological polar surface area (TPSA) is 52.0 Å². The maximum Gasteiger partial charge on any atom is 0.180 e. The second kappa shape index (κ2) is 3.48. The highest BCUT2D eigenvalue weighted by molar-refractivity contribution is 7.80. The number of aromatic nitrogens is 1. The summed E-state index contributed by atoms with van der Waals surface area (Å²) in [5, 5.41) is 0. The first-order valence-electron chi connectivity index (χ1n) is 3.43. The molecule has 11 heavy (non-hydrogen) atoms. The van der Waals surface area contributed by atoms with E-state index < -0.39 is 0 Å². The number of hydrogen-bond donors (Lipinski definition) is 1. The second-order valence-corrected chi connectivity index (χ2v) is 2.74. The second-order valence-electron chi connectivity index (χ2n) is 2.27. The van der Waals surface area contributed by atoms with Crippen molar-refractivity contribution in [1.29, 1.82) is 0 Å². The van der Waals surface area contributed by atoms with E-state index >= 15 is 0 Å². The molecule has 0 saturated heterocycles. The molecule has 0 radical (unpaired) electrons. The van der Waals surface area contributed by atoms with Gasteiger partial charge in [-0.25, -0.2) is 4.98 Å². The fraction of sp³-hybridized carbons (Fsp3) is 0.429. The SMILES string of the molecule is CCC(C(N)=S)c1cnco1. The Balaban J connectivity index is 2.79. The van der Waals surface area contributed by atoms with Crippen LogP contribution in [0.4, 0.5) is 0 Å². The van der Waals surface area contributed by atoms with Crippen LogP contribution < -0.4 is 5.73 Å². The van der Waals surface area contributed by atoms with E-state index in [1.165, 1.54) is 6.39 Å². The lowest BCUT2D eigenvalue weighted by atomic mass is 10.1. The standard InChI is InChI=1S/C7H10N2OS/c1-2-5(7(8)11)6-3-9-4-10-6/h3-5H,2H2,1H3,(H2,8,11). The van der Waals surface area contributed by atoms with Crippen LogP contribution in [0.25, 0.3) is 0 Å². The summed E-state index contributed by atoms with van der Waals surface area (Å²) in [5.74, 6) is 0.785. The molecule has 1 rings (SSSR count). The van der Waals surface area contributed by atoms with Crippen molar-refractivity contribution < 1.29 is 4.42 Å². The lowest BCUT2D eigenvalue weighted by Crippen LogP contribution is -2.17. The van der Waals surface area contributed by atoms with Gasteiger partial charge in [0.1, 0.15) is 5.76 Å². The normalized spacial score (nSPS) is 12.8. The average molecular weight is 170 g/mol. The minimum Gasteiger partial charge on any atom is -0.448 e. The molecule has 2 N–H and O–H groups in total. The zero-order valence-electron chi connectivity index (χ0n) is 6.28. The van der Waals surface area contributed by atoms with Gasteiger partial charge in [-0.1, -0.05) is 19.1 Å². The number of rotatable bonds is 3. The molecule has 0 aliphatic rings. The molecular formula is C7H10N2OS. The van der Waals surface area contributed by atoms with E-state index in [1.54, 1.807) is 6.20 Å². The third-order valence-corrected chi connectivity index (χ3v) is 1.83. The zero-order chi connectivity index (χ0) is 8.27. The van der Waals surface area contributed by atoms with Crippen LogP contribution in [0.5, 0.6) is 0 Å². The molecule has 1 aromatic heterocycles. The Morgan fingerprint density at radius 3 is 3.00 bits per heavy atom. The van der Waals surface area contributed by atoms with Crippen molar-refractivity contribution in [2.24, 2.45) is 5.73 Å². The Kier molecular flexibility index (Phi) is 2.59. The summed E-state index contributed by atoms with van der Waals surface area (Å²) < 4.78 is 5.07. The number of thiocarbonyl (C=S) groups is 1. The monoisotopic (exact) mass is 170 g/mol. The zero-order valence-corrected chi connectivity index (χ0v) is 7.10. The van der Waals surface area contributed by atoms with Crippen molar-refractivity contribution in [3.8, 4) is 0 Å². The molecule has 0 saturated carbocycles.